The standard InChI is InChI=1S/C19H32N2/c1-16(2)14-20-15-17-6-8-18(9-7-17)21-12-5-10-19(3,4)11-13-21/h6-9,16,20H,5,10-15H2,1-4H3. The molecule has 0 aliphatic carbocycles. The average Bonchev–Trinajstić information content (AvgIpc) is 2.60. The lowest BCUT2D eigenvalue weighted by Crippen LogP contribution is -2.25. The lowest BCUT2D eigenvalue weighted by Gasteiger charge is -2.25. The monoisotopic (exact) mass is 288 g/mol. The van der Waals surface area contributed by atoms with E-state index in [-0.39, 0.29) is 0 Å². The lowest BCUT2D eigenvalue weighted by molar-refractivity contribution is 0.325. The molecule has 1 aromatic carbocycles. The third-order valence-electron chi connectivity index (χ3n) is 4.52. The summed E-state index contributed by atoms with van der Waals surface area (Å²) in [7, 11) is 0. The van der Waals surface area contributed by atoms with Gasteiger partial charge in [-0.1, -0.05) is 39.8 Å². The Bertz CT molecular complexity index is 420. The molecule has 0 aromatic heterocycles. The Labute approximate surface area is 130 Å². The fraction of sp³-hybridized carbons (Fsp3) is 0.684. The fourth-order valence-electron chi connectivity index (χ4n) is 3.01. The van der Waals surface area contributed by atoms with Gasteiger partial charge in [0.05, 0.1) is 0 Å². The zero-order chi connectivity index (χ0) is 15.3. The van der Waals surface area contributed by atoms with Gasteiger partial charge in [0.2, 0.25) is 0 Å². The Morgan fingerprint density at radius 1 is 1.10 bits per heavy atom. The van der Waals surface area contributed by atoms with Crippen molar-refractivity contribution in [3.05, 3.63) is 29.8 Å². The van der Waals surface area contributed by atoms with E-state index in [2.05, 4.69) is 62.2 Å². The number of nitrogens with zero attached hydrogens (tertiary/aromatic N) is 1. The number of anilines is 1. The summed E-state index contributed by atoms with van der Waals surface area (Å²) in [6, 6.07) is 9.15. The van der Waals surface area contributed by atoms with Crippen LogP contribution < -0.4 is 10.2 Å². The third kappa shape index (κ3) is 5.35. The van der Waals surface area contributed by atoms with Gasteiger partial charge < -0.3 is 10.2 Å². The molecule has 2 rings (SSSR count). The van der Waals surface area contributed by atoms with Gasteiger partial charge in [0.25, 0.3) is 0 Å². The predicted octanol–water partition coefficient (Wildman–Crippen LogP) is 4.45. The van der Waals surface area contributed by atoms with Gasteiger partial charge in [-0.15, -0.1) is 0 Å². The molecule has 1 N–H and O–H groups in total. The predicted molar refractivity (Wildman–Crippen MR) is 92.8 cm³/mol. The Kier molecular flexibility index (Phi) is 5.69. The van der Waals surface area contributed by atoms with Gasteiger partial charge in [0.15, 0.2) is 0 Å². The Balaban J connectivity index is 1.89. The summed E-state index contributed by atoms with van der Waals surface area (Å²) < 4.78 is 0. The van der Waals surface area contributed by atoms with Crippen molar-refractivity contribution in [3.8, 4) is 0 Å². The zero-order valence-corrected chi connectivity index (χ0v) is 14.3. The quantitative estimate of drug-likeness (QED) is 0.861. The van der Waals surface area contributed by atoms with E-state index in [1.54, 1.807) is 0 Å². The molecule has 0 spiro atoms. The summed E-state index contributed by atoms with van der Waals surface area (Å²) in [6.45, 7) is 13.8. The van der Waals surface area contributed by atoms with Crippen molar-refractivity contribution in [2.75, 3.05) is 24.5 Å². The normalized spacial score (nSPS) is 18.8. The van der Waals surface area contributed by atoms with Gasteiger partial charge in [-0.3, -0.25) is 0 Å². The van der Waals surface area contributed by atoms with Crippen molar-refractivity contribution < 1.29 is 0 Å². The van der Waals surface area contributed by atoms with Crippen LogP contribution in [-0.2, 0) is 6.54 Å². The highest BCUT2D eigenvalue weighted by molar-refractivity contribution is 5.47. The molecule has 0 atom stereocenters. The molecule has 1 aliphatic heterocycles. The number of benzene rings is 1. The molecule has 1 aliphatic rings. The zero-order valence-electron chi connectivity index (χ0n) is 14.3. The SMILES string of the molecule is CC(C)CNCc1ccc(N2CCCC(C)(C)CC2)cc1. The smallest absolute Gasteiger partial charge is 0.0366 e. The van der Waals surface area contributed by atoms with E-state index in [0.717, 1.165) is 13.1 Å². The van der Waals surface area contributed by atoms with Crippen LogP contribution in [0, 0.1) is 11.3 Å². The molecule has 0 bridgehead atoms. The Hall–Kier alpha value is -1.02. The molecule has 2 nitrogen and oxygen atoms in total. The van der Waals surface area contributed by atoms with E-state index in [9.17, 15) is 0 Å². The Morgan fingerprint density at radius 3 is 2.48 bits per heavy atom. The van der Waals surface area contributed by atoms with E-state index >= 15 is 0 Å². The molecule has 1 aromatic rings. The first-order valence-corrected chi connectivity index (χ1v) is 8.51. The maximum Gasteiger partial charge on any atom is 0.0366 e. The van der Waals surface area contributed by atoms with Crippen molar-refractivity contribution >= 4 is 5.69 Å². The maximum absolute atomic E-state index is 3.51. The van der Waals surface area contributed by atoms with Crippen molar-refractivity contribution in [1.82, 2.24) is 5.32 Å². The summed E-state index contributed by atoms with van der Waals surface area (Å²) in [5, 5.41) is 3.51. The molecule has 0 radical (unpaired) electrons. The number of hydrogen-bond donors (Lipinski definition) is 1. The van der Waals surface area contributed by atoms with Gasteiger partial charge in [-0.05, 0) is 54.8 Å². The molecule has 1 saturated heterocycles. The largest absolute Gasteiger partial charge is 0.372 e. The molecule has 1 fully saturated rings. The van der Waals surface area contributed by atoms with Crippen molar-refractivity contribution in [1.29, 1.82) is 0 Å². The van der Waals surface area contributed by atoms with Crippen molar-refractivity contribution in [3.63, 3.8) is 0 Å². The number of nitrogens with one attached hydrogen (secondary N) is 1. The van der Waals surface area contributed by atoms with E-state index in [0.29, 0.717) is 11.3 Å². The average molecular weight is 288 g/mol. The van der Waals surface area contributed by atoms with Crippen LogP contribution in [0.5, 0.6) is 0 Å². The van der Waals surface area contributed by atoms with Crippen LogP contribution in [0.3, 0.4) is 0 Å². The van der Waals surface area contributed by atoms with Crippen LogP contribution in [0.15, 0.2) is 24.3 Å². The van der Waals surface area contributed by atoms with Crippen molar-refractivity contribution in [2.45, 2.75) is 53.5 Å². The Morgan fingerprint density at radius 2 is 1.81 bits per heavy atom. The molecule has 1 heterocycles. The minimum atomic E-state index is 0.509. The number of hydrogen-bond acceptors (Lipinski definition) is 2. The van der Waals surface area contributed by atoms with Gasteiger partial charge in [0.1, 0.15) is 0 Å². The van der Waals surface area contributed by atoms with Gasteiger partial charge in [-0.25, -0.2) is 0 Å². The highest BCUT2D eigenvalue weighted by Gasteiger charge is 2.22. The molecular weight excluding hydrogens is 256 g/mol. The second-order valence-corrected chi connectivity index (χ2v) is 7.70. The summed E-state index contributed by atoms with van der Waals surface area (Å²) in [6.07, 6.45) is 3.95. The minimum absolute atomic E-state index is 0.509. The lowest BCUT2D eigenvalue weighted by atomic mass is 9.85. The van der Waals surface area contributed by atoms with E-state index in [1.807, 2.05) is 0 Å². The molecule has 2 heteroatoms. The number of rotatable bonds is 5. The second kappa shape index (κ2) is 7.31. The van der Waals surface area contributed by atoms with Gasteiger partial charge in [-0.2, -0.15) is 0 Å². The second-order valence-electron chi connectivity index (χ2n) is 7.70. The summed E-state index contributed by atoms with van der Waals surface area (Å²) in [5.74, 6) is 0.713. The van der Waals surface area contributed by atoms with Gasteiger partial charge in [0, 0.05) is 25.3 Å². The van der Waals surface area contributed by atoms with E-state index < -0.39 is 0 Å². The topological polar surface area (TPSA) is 15.3 Å². The first-order chi connectivity index (χ1) is 9.96. The molecule has 118 valence electrons. The molecule has 0 unspecified atom stereocenters. The molecular formula is C19H32N2. The first-order valence-electron chi connectivity index (χ1n) is 8.51. The van der Waals surface area contributed by atoms with Crippen LogP contribution in [0.2, 0.25) is 0 Å². The highest BCUT2D eigenvalue weighted by Crippen LogP contribution is 2.31. The van der Waals surface area contributed by atoms with Crippen LogP contribution in [0.25, 0.3) is 0 Å². The summed E-state index contributed by atoms with van der Waals surface area (Å²) in [5.41, 5.74) is 3.28. The molecule has 21 heavy (non-hydrogen) atoms. The first kappa shape index (κ1) is 16.4. The fourth-order valence-corrected chi connectivity index (χ4v) is 3.01. The van der Waals surface area contributed by atoms with Crippen LogP contribution in [0.1, 0.15) is 52.5 Å². The van der Waals surface area contributed by atoms with Crippen LogP contribution in [-0.4, -0.2) is 19.6 Å². The van der Waals surface area contributed by atoms with E-state index in [1.165, 1.54) is 43.6 Å². The van der Waals surface area contributed by atoms with Crippen LogP contribution >= 0.6 is 0 Å². The minimum Gasteiger partial charge on any atom is -0.372 e. The van der Waals surface area contributed by atoms with Crippen molar-refractivity contribution in [2.24, 2.45) is 11.3 Å². The van der Waals surface area contributed by atoms with E-state index in [4.69, 9.17) is 0 Å². The summed E-state index contributed by atoms with van der Waals surface area (Å²) in [4.78, 5) is 2.56. The third-order valence-corrected chi connectivity index (χ3v) is 4.52. The highest BCUT2D eigenvalue weighted by atomic mass is 15.1. The maximum atomic E-state index is 3.51. The summed E-state index contributed by atoms with van der Waals surface area (Å²) >= 11 is 0. The molecule has 0 amide bonds. The molecule has 0 saturated carbocycles. The van der Waals surface area contributed by atoms with Crippen LogP contribution in [0.4, 0.5) is 5.69 Å². The van der Waals surface area contributed by atoms with Gasteiger partial charge >= 0.3 is 0 Å².